The molecule has 2 saturated heterocycles. The summed E-state index contributed by atoms with van der Waals surface area (Å²) in [6.07, 6.45) is 7.38. The van der Waals surface area contributed by atoms with Gasteiger partial charge in [-0.15, -0.1) is 0 Å². The minimum absolute atomic E-state index is 0.331. The standard InChI is InChI=1S/C13H26N2O2S/c1-18(16,17)11-5-8-14-7-4-10-15-9-3-2-6-13(15)12-14/h13H,2-12H2,1H3. The molecule has 0 aromatic rings. The maximum Gasteiger partial charge on any atom is 0.147 e. The van der Waals surface area contributed by atoms with E-state index in [1.165, 1.54) is 45.0 Å². The molecule has 2 aliphatic rings. The zero-order valence-corrected chi connectivity index (χ0v) is 12.3. The molecule has 0 spiro atoms. The first-order valence-corrected chi connectivity index (χ1v) is 9.25. The molecular weight excluding hydrogens is 248 g/mol. The third-order valence-electron chi connectivity index (χ3n) is 4.13. The van der Waals surface area contributed by atoms with Gasteiger partial charge in [-0.25, -0.2) is 8.42 Å². The first kappa shape index (κ1) is 14.3. The fourth-order valence-corrected chi connectivity index (χ4v) is 3.85. The van der Waals surface area contributed by atoms with E-state index in [0.29, 0.717) is 5.75 Å². The Balaban J connectivity index is 1.79. The maximum atomic E-state index is 11.1. The van der Waals surface area contributed by atoms with Crippen LogP contribution in [0.15, 0.2) is 0 Å². The molecule has 0 amide bonds. The highest BCUT2D eigenvalue weighted by Gasteiger charge is 2.26. The fourth-order valence-electron chi connectivity index (χ4n) is 3.20. The number of nitrogens with zero attached hydrogens (tertiary/aromatic N) is 2. The molecule has 0 saturated carbocycles. The molecule has 106 valence electrons. The molecule has 1 unspecified atom stereocenters. The van der Waals surface area contributed by atoms with Gasteiger partial charge < -0.3 is 4.90 Å². The zero-order valence-electron chi connectivity index (χ0n) is 11.5. The van der Waals surface area contributed by atoms with Gasteiger partial charge in [0.05, 0.1) is 5.75 Å². The smallest absolute Gasteiger partial charge is 0.147 e. The van der Waals surface area contributed by atoms with Gasteiger partial charge >= 0.3 is 0 Å². The van der Waals surface area contributed by atoms with Crippen LogP contribution in [-0.2, 0) is 9.84 Å². The molecule has 0 radical (unpaired) electrons. The molecule has 0 aliphatic carbocycles. The van der Waals surface area contributed by atoms with Gasteiger partial charge in [0.2, 0.25) is 0 Å². The Morgan fingerprint density at radius 2 is 1.89 bits per heavy atom. The Hall–Kier alpha value is -0.130. The van der Waals surface area contributed by atoms with Crippen LogP contribution in [-0.4, -0.2) is 69.0 Å². The van der Waals surface area contributed by atoms with E-state index >= 15 is 0 Å². The van der Waals surface area contributed by atoms with Crippen molar-refractivity contribution < 1.29 is 8.42 Å². The first-order valence-electron chi connectivity index (χ1n) is 7.19. The molecular formula is C13H26N2O2S. The highest BCUT2D eigenvalue weighted by atomic mass is 32.2. The second-order valence-electron chi connectivity index (χ2n) is 5.82. The Bertz CT molecular complexity index is 356. The summed E-state index contributed by atoms with van der Waals surface area (Å²) in [7, 11) is -2.79. The molecule has 2 aliphatic heterocycles. The molecule has 4 nitrogen and oxygen atoms in total. The van der Waals surface area contributed by atoms with Crippen LogP contribution in [0, 0.1) is 0 Å². The average Bonchev–Trinajstić information content (AvgIpc) is 2.49. The van der Waals surface area contributed by atoms with Gasteiger partial charge in [-0.3, -0.25) is 4.90 Å². The van der Waals surface area contributed by atoms with Crippen LogP contribution in [0.25, 0.3) is 0 Å². The zero-order chi connectivity index (χ0) is 13.0. The Kier molecular flexibility index (Phi) is 5.04. The van der Waals surface area contributed by atoms with Crippen LogP contribution in [0.4, 0.5) is 0 Å². The van der Waals surface area contributed by atoms with Crippen molar-refractivity contribution in [2.45, 2.75) is 38.1 Å². The lowest BCUT2D eigenvalue weighted by Crippen LogP contribution is -2.44. The molecule has 0 aromatic heterocycles. The van der Waals surface area contributed by atoms with Gasteiger partial charge in [0, 0.05) is 18.8 Å². The number of hydrogen-bond acceptors (Lipinski definition) is 4. The van der Waals surface area contributed by atoms with Gasteiger partial charge in [0.25, 0.3) is 0 Å². The van der Waals surface area contributed by atoms with Crippen molar-refractivity contribution in [1.82, 2.24) is 9.80 Å². The molecule has 0 bridgehead atoms. The van der Waals surface area contributed by atoms with Crippen molar-refractivity contribution in [2.75, 3.05) is 44.7 Å². The van der Waals surface area contributed by atoms with Crippen LogP contribution in [0.5, 0.6) is 0 Å². The molecule has 2 rings (SSSR count). The fraction of sp³-hybridized carbons (Fsp3) is 1.00. The maximum absolute atomic E-state index is 11.1. The van der Waals surface area contributed by atoms with Gasteiger partial charge in [0.15, 0.2) is 0 Å². The highest BCUT2D eigenvalue weighted by Crippen LogP contribution is 2.20. The van der Waals surface area contributed by atoms with Gasteiger partial charge in [-0.2, -0.15) is 0 Å². The van der Waals surface area contributed by atoms with Crippen molar-refractivity contribution in [3.63, 3.8) is 0 Å². The van der Waals surface area contributed by atoms with Crippen LogP contribution in [0.2, 0.25) is 0 Å². The number of rotatable bonds is 4. The molecule has 2 heterocycles. The second kappa shape index (κ2) is 6.35. The quantitative estimate of drug-likeness (QED) is 0.766. The number of piperidine rings is 1. The lowest BCUT2D eigenvalue weighted by Gasteiger charge is -2.35. The number of sulfone groups is 1. The first-order chi connectivity index (χ1) is 8.54. The normalized spacial score (nSPS) is 27.7. The van der Waals surface area contributed by atoms with E-state index in [2.05, 4.69) is 9.80 Å². The number of hydrogen-bond donors (Lipinski definition) is 0. The lowest BCUT2D eigenvalue weighted by molar-refractivity contribution is 0.137. The predicted molar refractivity (Wildman–Crippen MR) is 74.6 cm³/mol. The van der Waals surface area contributed by atoms with E-state index in [4.69, 9.17) is 0 Å². The second-order valence-corrected chi connectivity index (χ2v) is 8.08. The highest BCUT2D eigenvalue weighted by molar-refractivity contribution is 7.90. The minimum Gasteiger partial charge on any atom is -0.302 e. The lowest BCUT2D eigenvalue weighted by atomic mass is 10.0. The van der Waals surface area contributed by atoms with Crippen molar-refractivity contribution in [1.29, 1.82) is 0 Å². The summed E-state index contributed by atoms with van der Waals surface area (Å²) in [6, 6.07) is 0.722. The van der Waals surface area contributed by atoms with Crippen molar-refractivity contribution in [3.8, 4) is 0 Å². The molecule has 1 atom stereocenters. The molecule has 5 heteroatoms. The average molecular weight is 274 g/mol. The van der Waals surface area contributed by atoms with E-state index in [9.17, 15) is 8.42 Å². The molecule has 0 N–H and O–H groups in total. The summed E-state index contributed by atoms with van der Waals surface area (Å²) < 4.78 is 22.3. The summed E-state index contributed by atoms with van der Waals surface area (Å²) in [5.74, 6) is 0.331. The van der Waals surface area contributed by atoms with E-state index in [-0.39, 0.29) is 0 Å². The van der Waals surface area contributed by atoms with Crippen molar-refractivity contribution >= 4 is 9.84 Å². The Morgan fingerprint density at radius 1 is 1.11 bits per heavy atom. The van der Waals surface area contributed by atoms with Crippen LogP contribution < -0.4 is 0 Å². The van der Waals surface area contributed by atoms with E-state index in [1.54, 1.807) is 0 Å². The third-order valence-corrected chi connectivity index (χ3v) is 5.16. The summed E-state index contributed by atoms with van der Waals surface area (Å²) in [4.78, 5) is 5.11. The summed E-state index contributed by atoms with van der Waals surface area (Å²) >= 11 is 0. The van der Waals surface area contributed by atoms with Crippen molar-refractivity contribution in [3.05, 3.63) is 0 Å². The third kappa shape index (κ3) is 4.52. The Morgan fingerprint density at radius 3 is 2.67 bits per heavy atom. The molecule has 0 aromatic carbocycles. The molecule has 2 fully saturated rings. The van der Waals surface area contributed by atoms with E-state index in [0.717, 1.165) is 32.1 Å². The van der Waals surface area contributed by atoms with Crippen LogP contribution in [0.1, 0.15) is 32.1 Å². The van der Waals surface area contributed by atoms with E-state index < -0.39 is 9.84 Å². The molecule has 18 heavy (non-hydrogen) atoms. The monoisotopic (exact) mass is 274 g/mol. The number of fused-ring (bicyclic) bond motifs is 1. The summed E-state index contributed by atoms with van der Waals surface area (Å²) in [6.45, 7) is 5.72. The predicted octanol–water partition coefficient (Wildman–Crippen LogP) is 0.981. The minimum atomic E-state index is -2.79. The summed E-state index contributed by atoms with van der Waals surface area (Å²) in [5.41, 5.74) is 0. The topological polar surface area (TPSA) is 40.6 Å². The van der Waals surface area contributed by atoms with Gasteiger partial charge in [-0.1, -0.05) is 6.42 Å². The Labute approximate surface area is 111 Å². The SMILES string of the molecule is CS(=O)(=O)CCCN1CCCN2CCCCC2C1. The van der Waals surface area contributed by atoms with Crippen molar-refractivity contribution in [2.24, 2.45) is 0 Å². The van der Waals surface area contributed by atoms with Crippen LogP contribution in [0.3, 0.4) is 0 Å². The van der Waals surface area contributed by atoms with E-state index in [1.807, 2.05) is 0 Å². The largest absolute Gasteiger partial charge is 0.302 e. The van der Waals surface area contributed by atoms with Gasteiger partial charge in [0.1, 0.15) is 9.84 Å². The van der Waals surface area contributed by atoms with Gasteiger partial charge in [-0.05, 0) is 51.9 Å². The summed E-state index contributed by atoms with van der Waals surface area (Å²) in [5, 5.41) is 0. The van der Waals surface area contributed by atoms with Crippen LogP contribution >= 0.6 is 0 Å².